The van der Waals surface area contributed by atoms with E-state index in [1.54, 1.807) is 19.4 Å². The average Bonchev–Trinajstić information content (AvgIpc) is 2.52. The Kier molecular flexibility index (Phi) is 5.95. The SMILES string of the molecule is COCCOCCOc1ccnc(-c2ccccc2)n1. The smallest absolute Gasteiger partial charge is 0.216 e. The highest BCUT2D eigenvalue weighted by Crippen LogP contribution is 2.16. The maximum atomic E-state index is 5.53. The molecule has 5 nitrogen and oxygen atoms in total. The van der Waals surface area contributed by atoms with Gasteiger partial charge in [-0.3, -0.25) is 0 Å². The fourth-order valence-electron chi connectivity index (χ4n) is 1.60. The predicted molar refractivity (Wildman–Crippen MR) is 75.7 cm³/mol. The topological polar surface area (TPSA) is 53.5 Å². The predicted octanol–water partition coefficient (Wildman–Crippen LogP) is 2.19. The van der Waals surface area contributed by atoms with Crippen LogP contribution in [0.3, 0.4) is 0 Å². The van der Waals surface area contributed by atoms with E-state index in [0.717, 1.165) is 5.56 Å². The molecule has 0 aliphatic rings. The molecule has 0 aliphatic carbocycles. The molecule has 0 radical (unpaired) electrons. The summed E-state index contributed by atoms with van der Waals surface area (Å²) in [4.78, 5) is 8.60. The van der Waals surface area contributed by atoms with Crippen LogP contribution >= 0.6 is 0 Å². The Morgan fingerprint density at radius 3 is 2.55 bits per heavy atom. The van der Waals surface area contributed by atoms with Crippen LogP contribution in [0.5, 0.6) is 5.88 Å². The summed E-state index contributed by atoms with van der Waals surface area (Å²) in [6.07, 6.45) is 1.69. The van der Waals surface area contributed by atoms with Crippen molar-refractivity contribution in [2.45, 2.75) is 0 Å². The molecule has 0 aliphatic heterocycles. The van der Waals surface area contributed by atoms with E-state index in [-0.39, 0.29) is 0 Å². The highest BCUT2D eigenvalue weighted by Gasteiger charge is 2.02. The van der Waals surface area contributed by atoms with Crippen molar-refractivity contribution >= 4 is 0 Å². The third kappa shape index (κ3) is 4.60. The fourth-order valence-corrected chi connectivity index (χ4v) is 1.60. The molecule has 0 atom stereocenters. The van der Waals surface area contributed by atoms with E-state index < -0.39 is 0 Å². The molecule has 0 bridgehead atoms. The monoisotopic (exact) mass is 274 g/mol. The zero-order chi connectivity index (χ0) is 14.0. The van der Waals surface area contributed by atoms with Crippen molar-refractivity contribution in [2.75, 3.05) is 33.5 Å². The molecule has 0 saturated carbocycles. The van der Waals surface area contributed by atoms with Crippen molar-refractivity contribution < 1.29 is 14.2 Å². The Balaban J connectivity index is 1.84. The van der Waals surface area contributed by atoms with E-state index >= 15 is 0 Å². The second-order valence-corrected chi connectivity index (χ2v) is 4.04. The highest BCUT2D eigenvalue weighted by molar-refractivity contribution is 5.54. The Bertz CT molecular complexity index is 505. The largest absolute Gasteiger partial charge is 0.475 e. The Morgan fingerprint density at radius 2 is 1.75 bits per heavy atom. The first-order valence-corrected chi connectivity index (χ1v) is 6.48. The minimum Gasteiger partial charge on any atom is -0.475 e. The van der Waals surface area contributed by atoms with Crippen molar-refractivity contribution in [3.05, 3.63) is 42.6 Å². The maximum Gasteiger partial charge on any atom is 0.216 e. The summed E-state index contributed by atoms with van der Waals surface area (Å²) in [6.45, 7) is 2.12. The van der Waals surface area contributed by atoms with Crippen molar-refractivity contribution in [3.8, 4) is 17.3 Å². The normalized spacial score (nSPS) is 10.4. The lowest BCUT2D eigenvalue weighted by Gasteiger charge is -2.07. The van der Waals surface area contributed by atoms with E-state index in [1.165, 1.54) is 0 Å². The molecular weight excluding hydrogens is 256 g/mol. The number of aromatic nitrogens is 2. The summed E-state index contributed by atoms with van der Waals surface area (Å²) in [6, 6.07) is 11.5. The zero-order valence-corrected chi connectivity index (χ0v) is 11.5. The number of methoxy groups -OCH3 is 1. The van der Waals surface area contributed by atoms with Crippen LogP contribution in [0, 0.1) is 0 Å². The average molecular weight is 274 g/mol. The van der Waals surface area contributed by atoms with Gasteiger partial charge in [0.1, 0.15) is 6.61 Å². The van der Waals surface area contributed by atoms with Gasteiger partial charge >= 0.3 is 0 Å². The summed E-state index contributed by atoms with van der Waals surface area (Å²) in [5.41, 5.74) is 0.967. The molecule has 1 aromatic carbocycles. The summed E-state index contributed by atoms with van der Waals surface area (Å²) < 4.78 is 15.7. The molecule has 2 rings (SSSR count). The van der Waals surface area contributed by atoms with Gasteiger partial charge in [-0.2, -0.15) is 4.98 Å². The van der Waals surface area contributed by atoms with Crippen LogP contribution in [-0.4, -0.2) is 43.5 Å². The molecule has 0 spiro atoms. The fraction of sp³-hybridized carbons (Fsp3) is 0.333. The lowest BCUT2D eigenvalue weighted by atomic mass is 10.2. The van der Waals surface area contributed by atoms with Crippen LogP contribution in [0.25, 0.3) is 11.4 Å². The zero-order valence-electron chi connectivity index (χ0n) is 11.5. The number of ether oxygens (including phenoxy) is 3. The molecule has 106 valence electrons. The molecule has 0 unspecified atom stereocenters. The summed E-state index contributed by atoms with van der Waals surface area (Å²) in [5.74, 6) is 1.21. The van der Waals surface area contributed by atoms with Gasteiger partial charge in [-0.15, -0.1) is 0 Å². The molecule has 1 aromatic heterocycles. The number of hydrogen-bond donors (Lipinski definition) is 0. The van der Waals surface area contributed by atoms with Crippen LogP contribution in [0.15, 0.2) is 42.6 Å². The van der Waals surface area contributed by atoms with Crippen LogP contribution in [0.4, 0.5) is 0 Å². The van der Waals surface area contributed by atoms with Crippen LogP contribution < -0.4 is 4.74 Å². The van der Waals surface area contributed by atoms with Crippen molar-refractivity contribution in [1.82, 2.24) is 9.97 Å². The van der Waals surface area contributed by atoms with Gasteiger partial charge in [0.05, 0.1) is 19.8 Å². The first-order valence-electron chi connectivity index (χ1n) is 6.48. The van der Waals surface area contributed by atoms with E-state index in [1.807, 2.05) is 30.3 Å². The second-order valence-electron chi connectivity index (χ2n) is 4.04. The summed E-state index contributed by atoms with van der Waals surface area (Å²) >= 11 is 0. The van der Waals surface area contributed by atoms with Crippen LogP contribution in [0.2, 0.25) is 0 Å². The first kappa shape index (κ1) is 14.4. The molecule has 0 N–H and O–H groups in total. The molecule has 20 heavy (non-hydrogen) atoms. The molecule has 0 saturated heterocycles. The Hall–Kier alpha value is -1.98. The quantitative estimate of drug-likeness (QED) is 0.691. The third-order valence-corrected chi connectivity index (χ3v) is 2.57. The van der Waals surface area contributed by atoms with Gasteiger partial charge in [0.2, 0.25) is 5.88 Å². The first-order chi connectivity index (χ1) is 9.90. The molecule has 2 aromatic rings. The number of rotatable bonds is 8. The second kappa shape index (κ2) is 8.24. The lowest BCUT2D eigenvalue weighted by molar-refractivity contribution is 0.0537. The molecule has 0 fully saturated rings. The van der Waals surface area contributed by atoms with Crippen LogP contribution in [0.1, 0.15) is 0 Å². The van der Waals surface area contributed by atoms with E-state index in [2.05, 4.69) is 9.97 Å². The van der Waals surface area contributed by atoms with Gasteiger partial charge in [0.15, 0.2) is 5.82 Å². The van der Waals surface area contributed by atoms with Gasteiger partial charge in [-0.1, -0.05) is 30.3 Å². The van der Waals surface area contributed by atoms with Gasteiger partial charge in [0.25, 0.3) is 0 Å². The van der Waals surface area contributed by atoms with Gasteiger partial charge in [0, 0.05) is 24.9 Å². The molecule has 0 amide bonds. The maximum absolute atomic E-state index is 5.53. The van der Waals surface area contributed by atoms with E-state index in [9.17, 15) is 0 Å². The van der Waals surface area contributed by atoms with Crippen LogP contribution in [-0.2, 0) is 9.47 Å². The third-order valence-electron chi connectivity index (χ3n) is 2.57. The van der Waals surface area contributed by atoms with Crippen molar-refractivity contribution in [1.29, 1.82) is 0 Å². The number of nitrogens with zero attached hydrogens (tertiary/aromatic N) is 2. The molecular formula is C15H18N2O3. The Morgan fingerprint density at radius 1 is 0.950 bits per heavy atom. The van der Waals surface area contributed by atoms with E-state index in [0.29, 0.717) is 38.1 Å². The van der Waals surface area contributed by atoms with Gasteiger partial charge in [-0.05, 0) is 0 Å². The number of hydrogen-bond acceptors (Lipinski definition) is 5. The van der Waals surface area contributed by atoms with E-state index in [4.69, 9.17) is 14.2 Å². The summed E-state index contributed by atoms with van der Waals surface area (Å²) in [7, 11) is 1.64. The minimum absolute atomic E-state index is 0.453. The van der Waals surface area contributed by atoms with Crippen molar-refractivity contribution in [2.24, 2.45) is 0 Å². The lowest BCUT2D eigenvalue weighted by Crippen LogP contribution is -2.10. The van der Waals surface area contributed by atoms with Gasteiger partial charge < -0.3 is 14.2 Å². The molecule has 1 heterocycles. The molecule has 5 heteroatoms. The minimum atomic E-state index is 0.453. The number of benzene rings is 1. The standard InChI is InChI=1S/C15H18N2O3/c1-18-9-10-19-11-12-20-14-7-8-16-15(17-14)13-5-3-2-4-6-13/h2-8H,9-12H2,1H3. The Labute approximate surface area is 118 Å². The van der Waals surface area contributed by atoms with Gasteiger partial charge in [-0.25, -0.2) is 4.98 Å². The summed E-state index contributed by atoms with van der Waals surface area (Å²) in [5, 5.41) is 0. The highest BCUT2D eigenvalue weighted by atomic mass is 16.5. The van der Waals surface area contributed by atoms with Crippen molar-refractivity contribution in [3.63, 3.8) is 0 Å².